The SMILES string of the molecule is O=C(CC1CSCCN1)Nc1cnccc1Oc1ccccc1. The van der Waals surface area contributed by atoms with Gasteiger partial charge in [-0.1, -0.05) is 18.2 Å². The van der Waals surface area contributed by atoms with Gasteiger partial charge in [0.1, 0.15) is 11.4 Å². The van der Waals surface area contributed by atoms with Crippen LogP contribution in [0.3, 0.4) is 0 Å². The van der Waals surface area contributed by atoms with Gasteiger partial charge in [-0.2, -0.15) is 11.8 Å². The van der Waals surface area contributed by atoms with E-state index in [9.17, 15) is 4.79 Å². The maximum absolute atomic E-state index is 12.2. The summed E-state index contributed by atoms with van der Waals surface area (Å²) in [4.78, 5) is 16.3. The van der Waals surface area contributed by atoms with Crippen molar-refractivity contribution in [2.45, 2.75) is 12.5 Å². The van der Waals surface area contributed by atoms with Crippen LogP contribution < -0.4 is 15.4 Å². The number of benzene rings is 1. The van der Waals surface area contributed by atoms with E-state index in [0.29, 0.717) is 17.9 Å². The number of thioether (sulfide) groups is 1. The molecular weight excluding hydrogens is 310 g/mol. The fourth-order valence-corrected chi connectivity index (χ4v) is 3.31. The number of hydrogen-bond acceptors (Lipinski definition) is 5. The fourth-order valence-electron chi connectivity index (χ4n) is 2.36. The molecule has 1 aromatic heterocycles. The van der Waals surface area contributed by atoms with Crippen LogP contribution in [0.1, 0.15) is 6.42 Å². The van der Waals surface area contributed by atoms with Crippen molar-refractivity contribution >= 4 is 23.4 Å². The number of pyridine rings is 1. The second-order valence-electron chi connectivity index (χ2n) is 5.27. The van der Waals surface area contributed by atoms with Gasteiger partial charge in [0.2, 0.25) is 5.91 Å². The third-order valence-corrected chi connectivity index (χ3v) is 4.59. The highest BCUT2D eigenvalue weighted by Crippen LogP contribution is 2.28. The molecule has 0 saturated carbocycles. The minimum Gasteiger partial charge on any atom is -0.455 e. The molecule has 2 N–H and O–H groups in total. The second-order valence-corrected chi connectivity index (χ2v) is 6.42. The lowest BCUT2D eigenvalue weighted by Crippen LogP contribution is -2.39. The van der Waals surface area contributed by atoms with Crippen LogP contribution in [0.2, 0.25) is 0 Å². The topological polar surface area (TPSA) is 63.2 Å². The number of ether oxygens (including phenoxy) is 1. The molecule has 23 heavy (non-hydrogen) atoms. The Hall–Kier alpha value is -2.05. The van der Waals surface area contributed by atoms with E-state index in [4.69, 9.17) is 4.74 Å². The van der Waals surface area contributed by atoms with Gasteiger partial charge in [0.25, 0.3) is 0 Å². The third kappa shape index (κ3) is 4.71. The average molecular weight is 329 g/mol. The zero-order chi connectivity index (χ0) is 15.9. The highest BCUT2D eigenvalue weighted by atomic mass is 32.2. The minimum atomic E-state index is -0.0316. The van der Waals surface area contributed by atoms with Crippen LogP contribution in [0.15, 0.2) is 48.8 Å². The van der Waals surface area contributed by atoms with Crippen molar-refractivity contribution in [3.63, 3.8) is 0 Å². The lowest BCUT2D eigenvalue weighted by Gasteiger charge is -2.22. The summed E-state index contributed by atoms with van der Waals surface area (Å²) < 4.78 is 5.83. The van der Waals surface area contributed by atoms with Gasteiger partial charge in [-0.3, -0.25) is 9.78 Å². The smallest absolute Gasteiger partial charge is 0.226 e. The molecule has 1 saturated heterocycles. The summed E-state index contributed by atoms with van der Waals surface area (Å²) in [5, 5.41) is 6.26. The number of amides is 1. The molecule has 1 unspecified atom stereocenters. The molecule has 1 fully saturated rings. The Morgan fingerprint density at radius 3 is 3.00 bits per heavy atom. The number of nitrogens with zero attached hydrogens (tertiary/aromatic N) is 1. The molecule has 1 aliphatic heterocycles. The van der Waals surface area contributed by atoms with Crippen molar-refractivity contribution in [3.8, 4) is 11.5 Å². The molecule has 5 nitrogen and oxygen atoms in total. The van der Waals surface area contributed by atoms with Crippen molar-refractivity contribution < 1.29 is 9.53 Å². The van der Waals surface area contributed by atoms with Gasteiger partial charge < -0.3 is 15.4 Å². The molecule has 1 atom stereocenters. The number of carbonyl (C=O) groups is 1. The maximum atomic E-state index is 12.2. The van der Waals surface area contributed by atoms with Crippen molar-refractivity contribution in [1.82, 2.24) is 10.3 Å². The third-order valence-electron chi connectivity index (χ3n) is 3.46. The highest BCUT2D eigenvalue weighted by molar-refractivity contribution is 7.99. The second kappa shape index (κ2) is 7.99. The monoisotopic (exact) mass is 329 g/mol. The largest absolute Gasteiger partial charge is 0.455 e. The Bertz CT molecular complexity index is 645. The molecule has 1 aliphatic rings. The highest BCUT2D eigenvalue weighted by Gasteiger charge is 2.17. The van der Waals surface area contributed by atoms with Gasteiger partial charge in [0, 0.05) is 42.8 Å². The zero-order valence-electron chi connectivity index (χ0n) is 12.7. The standard InChI is InChI=1S/C17H19N3O2S/c21-17(10-13-12-23-9-8-19-13)20-15-11-18-7-6-16(15)22-14-4-2-1-3-5-14/h1-7,11,13,19H,8-10,12H2,(H,20,21). The van der Waals surface area contributed by atoms with Crippen molar-refractivity contribution in [2.75, 3.05) is 23.4 Å². The average Bonchev–Trinajstić information content (AvgIpc) is 2.58. The summed E-state index contributed by atoms with van der Waals surface area (Å²) in [6, 6.07) is 11.4. The van der Waals surface area contributed by atoms with Crippen LogP contribution in [0.25, 0.3) is 0 Å². The molecule has 0 bridgehead atoms. The summed E-state index contributed by atoms with van der Waals surface area (Å²) in [7, 11) is 0. The van der Waals surface area contributed by atoms with Crippen LogP contribution in [0, 0.1) is 0 Å². The van der Waals surface area contributed by atoms with E-state index in [1.165, 1.54) is 0 Å². The minimum absolute atomic E-state index is 0.0316. The number of nitrogens with one attached hydrogen (secondary N) is 2. The predicted molar refractivity (Wildman–Crippen MR) is 93.1 cm³/mol. The van der Waals surface area contributed by atoms with E-state index in [1.54, 1.807) is 18.5 Å². The maximum Gasteiger partial charge on any atom is 0.226 e. The van der Waals surface area contributed by atoms with Crippen molar-refractivity contribution in [1.29, 1.82) is 0 Å². The predicted octanol–water partition coefficient (Wildman–Crippen LogP) is 2.91. The molecule has 120 valence electrons. The van der Waals surface area contributed by atoms with Gasteiger partial charge in [0.15, 0.2) is 5.75 Å². The molecule has 0 aliphatic carbocycles. The summed E-state index contributed by atoms with van der Waals surface area (Å²) in [5.41, 5.74) is 0.588. The molecule has 1 aromatic carbocycles. The Morgan fingerprint density at radius 2 is 2.22 bits per heavy atom. The first-order valence-electron chi connectivity index (χ1n) is 7.59. The zero-order valence-corrected chi connectivity index (χ0v) is 13.5. The fraction of sp³-hybridized carbons (Fsp3) is 0.294. The van der Waals surface area contributed by atoms with E-state index in [1.807, 2.05) is 42.1 Å². The molecule has 2 heterocycles. The van der Waals surface area contributed by atoms with Gasteiger partial charge in [-0.05, 0) is 12.1 Å². The number of aromatic nitrogens is 1. The summed E-state index contributed by atoms with van der Waals surface area (Å²) in [6.45, 7) is 0.956. The first-order chi connectivity index (χ1) is 11.3. The van der Waals surface area contributed by atoms with E-state index >= 15 is 0 Å². The lowest BCUT2D eigenvalue weighted by molar-refractivity contribution is -0.116. The normalized spacial score (nSPS) is 17.5. The van der Waals surface area contributed by atoms with Gasteiger partial charge in [-0.15, -0.1) is 0 Å². The van der Waals surface area contributed by atoms with E-state index in [0.717, 1.165) is 23.8 Å². The summed E-state index contributed by atoms with van der Waals surface area (Å²) in [5.74, 6) is 3.35. The number of para-hydroxylation sites is 1. The number of rotatable bonds is 5. The van der Waals surface area contributed by atoms with Crippen molar-refractivity contribution in [3.05, 3.63) is 48.8 Å². The van der Waals surface area contributed by atoms with Crippen LogP contribution in [0.4, 0.5) is 5.69 Å². The van der Waals surface area contributed by atoms with E-state index in [2.05, 4.69) is 15.6 Å². The molecule has 1 amide bonds. The van der Waals surface area contributed by atoms with Gasteiger partial charge >= 0.3 is 0 Å². The van der Waals surface area contributed by atoms with Crippen molar-refractivity contribution in [2.24, 2.45) is 0 Å². The van der Waals surface area contributed by atoms with Gasteiger partial charge in [0.05, 0.1) is 6.20 Å². The van der Waals surface area contributed by atoms with Crippen LogP contribution in [-0.2, 0) is 4.79 Å². The van der Waals surface area contributed by atoms with Crippen LogP contribution in [0.5, 0.6) is 11.5 Å². The van der Waals surface area contributed by atoms with E-state index < -0.39 is 0 Å². The Kier molecular flexibility index (Phi) is 5.50. The lowest BCUT2D eigenvalue weighted by atomic mass is 10.2. The summed E-state index contributed by atoms with van der Waals surface area (Å²) >= 11 is 1.88. The van der Waals surface area contributed by atoms with Crippen LogP contribution in [-0.4, -0.2) is 35.0 Å². The van der Waals surface area contributed by atoms with Crippen LogP contribution >= 0.6 is 11.8 Å². The van der Waals surface area contributed by atoms with Gasteiger partial charge in [-0.25, -0.2) is 0 Å². The Labute approximate surface area is 139 Å². The number of hydrogen-bond donors (Lipinski definition) is 2. The number of carbonyl (C=O) groups excluding carboxylic acids is 1. The van der Waals surface area contributed by atoms with E-state index in [-0.39, 0.29) is 11.9 Å². The molecule has 0 radical (unpaired) electrons. The Balaban J connectivity index is 1.64. The molecule has 0 spiro atoms. The number of anilines is 1. The molecular formula is C17H19N3O2S. The quantitative estimate of drug-likeness (QED) is 0.883. The Morgan fingerprint density at radius 1 is 1.35 bits per heavy atom. The first kappa shape index (κ1) is 15.8. The molecule has 3 rings (SSSR count). The molecule has 6 heteroatoms. The molecule has 2 aromatic rings. The summed E-state index contributed by atoms with van der Waals surface area (Å²) in [6.07, 6.45) is 3.71. The first-order valence-corrected chi connectivity index (χ1v) is 8.74.